The molecular formula is C23H32N2O4S. The largest absolute Gasteiger partial charge is 0.491 e. The van der Waals surface area contributed by atoms with Gasteiger partial charge in [0.2, 0.25) is 15.9 Å². The van der Waals surface area contributed by atoms with Crippen molar-refractivity contribution in [3.8, 4) is 5.75 Å². The third-order valence-corrected chi connectivity index (χ3v) is 5.86. The van der Waals surface area contributed by atoms with Gasteiger partial charge in [-0.2, -0.15) is 0 Å². The van der Waals surface area contributed by atoms with Gasteiger partial charge in [0.15, 0.2) is 0 Å². The van der Waals surface area contributed by atoms with E-state index in [0.29, 0.717) is 18.7 Å². The molecule has 0 fully saturated rings. The summed E-state index contributed by atoms with van der Waals surface area (Å²) >= 11 is 0. The lowest BCUT2D eigenvalue weighted by Gasteiger charge is -2.31. The van der Waals surface area contributed by atoms with Crippen LogP contribution in [-0.4, -0.2) is 32.7 Å². The van der Waals surface area contributed by atoms with Gasteiger partial charge in [-0.3, -0.25) is 9.10 Å². The number of hydrogen-bond acceptors (Lipinski definition) is 4. The molecule has 0 aliphatic heterocycles. The lowest BCUT2D eigenvalue weighted by molar-refractivity contribution is -0.122. The summed E-state index contributed by atoms with van der Waals surface area (Å²) in [7, 11) is -3.66. The Balaban J connectivity index is 2.21. The molecule has 2 rings (SSSR count). The molecule has 7 heteroatoms. The van der Waals surface area contributed by atoms with Crippen LogP contribution in [0.15, 0.2) is 42.5 Å². The van der Waals surface area contributed by atoms with Gasteiger partial charge in [-0.05, 0) is 69.0 Å². The van der Waals surface area contributed by atoms with E-state index in [-0.39, 0.29) is 12.0 Å². The fraction of sp³-hybridized carbons (Fsp3) is 0.435. The average Bonchev–Trinajstić information content (AvgIpc) is 2.66. The second-order valence-electron chi connectivity index (χ2n) is 7.80. The summed E-state index contributed by atoms with van der Waals surface area (Å²) in [6.45, 7) is 9.79. The van der Waals surface area contributed by atoms with E-state index in [1.807, 2.05) is 71.0 Å². The zero-order valence-electron chi connectivity index (χ0n) is 18.6. The minimum absolute atomic E-state index is 0.0907. The van der Waals surface area contributed by atoms with Crippen LogP contribution in [0.2, 0.25) is 0 Å². The molecule has 0 spiro atoms. The predicted octanol–water partition coefficient (Wildman–Crippen LogP) is 3.95. The van der Waals surface area contributed by atoms with Gasteiger partial charge in [0, 0.05) is 6.54 Å². The molecule has 0 aliphatic rings. The third kappa shape index (κ3) is 6.23. The molecule has 1 amide bonds. The number of nitrogens with one attached hydrogen (secondary N) is 1. The maximum absolute atomic E-state index is 13.0. The van der Waals surface area contributed by atoms with Crippen LogP contribution in [0.1, 0.15) is 43.9 Å². The fourth-order valence-corrected chi connectivity index (χ4v) is 4.52. The summed E-state index contributed by atoms with van der Waals surface area (Å²) in [6.07, 6.45) is 1.58. The number of hydrogen-bond donors (Lipinski definition) is 1. The maximum atomic E-state index is 13.0. The molecule has 164 valence electrons. The van der Waals surface area contributed by atoms with Crippen LogP contribution < -0.4 is 14.4 Å². The number of rotatable bonds is 9. The van der Waals surface area contributed by atoms with Crippen molar-refractivity contribution in [2.45, 2.75) is 59.7 Å². The normalized spacial score (nSPS) is 12.5. The summed E-state index contributed by atoms with van der Waals surface area (Å²) in [5.41, 5.74) is 3.18. The maximum Gasteiger partial charge on any atom is 0.244 e. The van der Waals surface area contributed by atoms with Crippen LogP contribution in [0.4, 0.5) is 5.69 Å². The van der Waals surface area contributed by atoms with Gasteiger partial charge in [0.25, 0.3) is 0 Å². The van der Waals surface area contributed by atoms with E-state index in [4.69, 9.17) is 4.74 Å². The highest BCUT2D eigenvalue weighted by Crippen LogP contribution is 2.27. The first kappa shape index (κ1) is 23.7. The second kappa shape index (κ2) is 9.98. The molecule has 2 aromatic carbocycles. The van der Waals surface area contributed by atoms with Crippen molar-refractivity contribution in [3.05, 3.63) is 59.2 Å². The van der Waals surface area contributed by atoms with Crippen molar-refractivity contribution in [3.63, 3.8) is 0 Å². The van der Waals surface area contributed by atoms with Crippen LogP contribution in [0.5, 0.6) is 5.75 Å². The number of aryl methyl sites for hydroxylation is 2. The molecule has 30 heavy (non-hydrogen) atoms. The fourth-order valence-electron chi connectivity index (χ4n) is 3.26. The Labute approximate surface area is 180 Å². The van der Waals surface area contributed by atoms with Crippen LogP contribution in [-0.2, 0) is 21.4 Å². The van der Waals surface area contributed by atoms with E-state index in [1.54, 1.807) is 6.07 Å². The van der Waals surface area contributed by atoms with E-state index >= 15 is 0 Å². The van der Waals surface area contributed by atoms with Gasteiger partial charge in [-0.25, -0.2) is 8.42 Å². The quantitative estimate of drug-likeness (QED) is 0.651. The second-order valence-corrected chi connectivity index (χ2v) is 9.66. The Morgan fingerprint density at radius 2 is 1.73 bits per heavy atom. The van der Waals surface area contributed by atoms with Crippen molar-refractivity contribution >= 4 is 21.6 Å². The highest BCUT2D eigenvalue weighted by atomic mass is 32.2. The Morgan fingerprint density at radius 3 is 2.27 bits per heavy atom. The van der Waals surface area contributed by atoms with Crippen molar-refractivity contribution in [1.82, 2.24) is 5.32 Å². The summed E-state index contributed by atoms with van der Waals surface area (Å²) in [5.74, 6) is 0.441. The van der Waals surface area contributed by atoms with Gasteiger partial charge in [-0.15, -0.1) is 0 Å². The van der Waals surface area contributed by atoms with Gasteiger partial charge < -0.3 is 10.1 Å². The monoisotopic (exact) mass is 432 g/mol. The molecule has 0 aliphatic carbocycles. The highest BCUT2D eigenvalue weighted by Gasteiger charge is 2.32. The van der Waals surface area contributed by atoms with Gasteiger partial charge in [0.1, 0.15) is 11.8 Å². The number of benzene rings is 2. The molecule has 0 radical (unpaired) electrons. The lowest BCUT2D eigenvalue weighted by atomic mass is 10.1. The lowest BCUT2D eigenvalue weighted by Crippen LogP contribution is -2.49. The average molecular weight is 433 g/mol. The van der Waals surface area contributed by atoms with Crippen LogP contribution >= 0.6 is 0 Å². The Kier molecular flexibility index (Phi) is 7.89. The number of carbonyl (C=O) groups is 1. The molecule has 0 saturated carbocycles. The SMILES string of the molecule is CC[C@@H](C(=O)NCc1ccc(OC(C)C)cc1)N(c1cc(C)ccc1C)S(C)(=O)=O. The van der Waals surface area contributed by atoms with E-state index < -0.39 is 16.1 Å². The standard InChI is InChI=1S/C23H32N2O4S/c1-7-21(25(30(6,27)28)22-14-17(4)8-9-18(22)5)23(26)24-15-19-10-12-20(13-11-19)29-16(2)3/h8-14,16,21H,7,15H2,1-6H3,(H,24,26)/t21-/m0/s1. The van der Waals surface area contributed by atoms with Crippen molar-refractivity contribution in [2.75, 3.05) is 10.6 Å². The Hall–Kier alpha value is -2.54. The number of ether oxygens (including phenoxy) is 1. The van der Waals surface area contributed by atoms with E-state index in [1.165, 1.54) is 4.31 Å². The molecule has 1 atom stereocenters. The number of amides is 1. The van der Waals surface area contributed by atoms with Crippen LogP contribution in [0, 0.1) is 13.8 Å². The summed E-state index contributed by atoms with van der Waals surface area (Å²) < 4.78 is 32.1. The van der Waals surface area contributed by atoms with Crippen LogP contribution in [0.25, 0.3) is 0 Å². The van der Waals surface area contributed by atoms with Gasteiger partial charge >= 0.3 is 0 Å². The highest BCUT2D eigenvalue weighted by molar-refractivity contribution is 7.92. The van der Waals surface area contributed by atoms with E-state index in [0.717, 1.165) is 28.7 Å². The molecule has 1 N–H and O–H groups in total. The van der Waals surface area contributed by atoms with Crippen molar-refractivity contribution in [1.29, 1.82) is 0 Å². The first-order valence-electron chi connectivity index (χ1n) is 10.1. The predicted molar refractivity (Wildman–Crippen MR) is 121 cm³/mol. The minimum Gasteiger partial charge on any atom is -0.491 e. The van der Waals surface area contributed by atoms with E-state index in [9.17, 15) is 13.2 Å². The molecule has 0 unspecified atom stereocenters. The molecular weight excluding hydrogens is 400 g/mol. The Bertz CT molecular complexity index is 969. The zero-order chi connectivity index (χ0) is 22.5. The minimum atomic E-state index is -3.66. The summed E-state index contributed by atoms with van der Waals surface area (Å²) in [5, 5.41) is 2.88. The first-order chi connectivity index (χ1) is 14.0. The summed E-state index contributed by atoms with van der Waals surface area (Å²) in [6, 6.07) is 12.3. The summed E-state index contributed by atoms with van der Waals surface area (Å²) in [4.78, 5) is 13.0. The molecule has 0 bridgehead atoms. The van der Waals surface area contributed by atoms with Crippen LogP contribution in [0.3, 0.4) is 0 Å². The zero-order valence-corrected chi connectivity index (χ0v) is 19.4. The molecule has 6 nitrogen and oxygen atoms in total. The Morgan fingerprint density at radius 1 is 1.10 bits per heavy atom. The molecule has 0 saturated heterocycles. The van der Waals surface area contributed by atoms with Crippen molar-refractivity contribution in [2.24, 2.45) is 0 Å². The first-order valence-corrected chi connectivity index (χ1v) is 12.0. The van der Waals surface area contributed by atoms with Crippen molar-refractivity contribution < 1.29 is 17.9 Å². The topological polar surface area (TPSA) is 75.7 Å². The number of anilines is 1. The molecule has 0 aromatic heterocycles. The molecule has 0 heterocycles. The van der Waals surface area contributed by atoms with Gasteiger partial charge in [0.05, 0.1) is 18.0 Å². The molecule has 2 aromatic rings. The smallest absolute Gasteiger partial charge is 0.244 e. The third-order valence-electron chi connectivity index (χ3n) is 4.69. The number of carbonyl (C=O) groups excluding carboxylic acids is 1. The van der Waals surface area contributed by atoms with Gasteiger partial charge in [-0.1, -0.05) is 31.2 Å². The van der Waals surface area contributed by atoms with E-state index in [2.05, 4.69) is 5.32 Å². The number of nitrogens with zero attached hydrogens (tertiary/aromatic N) is 1. The number of sulfonamides is 1.